The molecule has 0 unspecified atom stereocenters. The molecule has 0 aliphatic carbocycles. The van der Waals surface area contributed by atoms with E-state index in [2.05, 4.69) is 65.2 Å². The average molecular weight is 614 g/mol. The highest BCUT2D eigenvalue weighted by atomic mass is 32.2. The van der Waals surface area contributed by atoms with Crippen LogP contribution in [0, 0.1) is 0 Å². The summed E-state index contributed by atoms with van der Waals surface area (Å²) in [5.74, 6) is 0.361. The zero-order chi connectivity index (χ0) is 33.0. The SMILES string of the molecule is [2H]c1c([2H])c([2H])c2c(-c3ccc(-c4ccccc4)cc3)nc(-n3c4ccccc4c4ccc5c(sc6sc7ccccc7c65)c43)nc2c1[2H]. The van der Waals surface area contributed by atoms with Crippen LogP contribution in [0.5, 0.6) is 0 Å². The molecule has 4 aromatic heterocycles. The number of hydrogen-bond donors (Lipinski definition) is 0. The number of rotatable bonds is 3. The molecule has 210 valence electrons. The Morgan fingerprint density at radius 1 is 0.556 bits per heavy atom. The van der Waals surface area contributed by atoms with Gasteiger partial charge in [0, 0.05) is 42.6 Å². The first kappa shape index (κ1) is 21.4. The summed E-state index contributed by atoms with van der Waals surface area (Å²) in [4.78, 5) is 10.2. The van der Waals surface area contributed by atoms with Crippen molar-refractivity contribution < 1.29 is 5.48 Å². The van der Waals surface area contributed by atoms with Crippen LogP contribution in [0.3, 0.4) is 0 Å². The van der Waals surface area contributed by atoms with Crippen molar-refractivity contribution in [3.05, 3.63) is 139 Å². The van der Waals surface area contributed by atoms with Gasteiger partial charge in [-0.15, -0.1) is 22.7 Å². The summed E-state index contributed by atoms with van der Waals surface area (Å²) in [6.45, 7) is 0. The first-order valence-corrected chi connectivity index (χ1v) is 16.3. The van der Waals surface area contributed by atoms with E-state index in [0.717, 1.165) is 43.2 Å². The molecule has 0 atom stereocenters. The van der Waals surface area contributed by atoms with Gasteiger partial charge in [0.05, 0.1) is 36.4 Å². The first-order valence-electron chi connectivity index (χ1n) is 16.7. The Morgan fingerprint density at radius 3 is 2.16 bits per heavy atom. The molecular formula is C40H23N3S2. The third-order valence-corrected chi connectivity index (χ3v) is 11.1. The topological polar surface area (TPSA) is 30.7 Å². The molecule has 3 nitrogen and oxygen atoms in total. The molecule has 0 radical (unpaired) electrons. The van der Waals surface area contributed by atoms with E-state index in [4.69, 9.17) is 15.5 Å². The van der Waals surface area contributed by atoms with Gasteiger partial charge in [-0.2, -0.15) is 0 Å². The summed E-state index contributed by atoms with van der Waals surface area (Å²) < 4.78 is 40.7. The van der Waals surface area contributed by atoms with Crippen molar-refractivity contribution in [1.82, 2.24) is 14.5 Å². The highest BCUT2D eigenvalue weighted by Crippen LogP contribution is 2.48. The maximum Gasteiger partial charge on any atom is 0.235 e. The summed E-state index contributed by atoms with van der Waals surface area (Å²) in [6.07, 6.45) is 0. The lowest BCUT2D eigenvalue weighted by atomic mass is 10.0. The Bertz CT molecular complexity index is 2980. The smallest absolute Gasteiger partial charge is 0.235 e. The maximum absolute atomic E-state index is 8.95. The van der Waals surface area contributed by atoms with E-state index in [-0.39, 0.29) is 29.7 Å². The van der Waals surface area contributed by atoms with Gasteiger partial charge in [0.25, 0.3) is 0 Å². The minimum absolute atomic E-state index is 0.153. The molecule has 4 heterocycles. The van der Waals surface area contributed by atoms with E-state index in [1.54, 1.807) is 22.7 Å². The molecule has 0 saturated heterocycles. The third-order valence-electron chi connectivity index (χ3n) is 8.61. The molecule has 0 bridgehead atoms. The van der Waals surface area contributed by atoms with Crippen LogP contribution in [0.15, 0.2) is 139 Å². The molecule has 0 aliphatic heterocycles. The van der Waals surface area contributed by atoms with Crippen molar-refractivity contribution in [2.24, 2.45) is 0 Å². The fourth-order valence-electron chi connectivity index (χ4n) is 6.58. The molecule has 0 saturated carbocycles. The summed E-state index contributed by atoms with van der Waals surface area (Å²) in [5.41, 5.74) is 5.44. The largest absolute Gasteiger partial charge is 0.276 e. The molecule has 0 aliphatic rings. The second-order valence-corrected chi connectivity index (χ2v) is 13.4. The van der Waals surface area contributed by atoms with E-state index in [0.29, 0.717) is 17.0 Å². The van der Waals surface area contributed by atoms with Crippen LogP contribution in [0.1, 0.15) is 5.48 Å². The first-order chi connectivity index (χ1) is 24.0. The van der Waals surface area contributed by atoms with E-state index >= 15 is 0 Å². The number of thiophene rings is 2. The van der Waals surface area contributed by atoms with Crippen LogP contribution in [0.2, 0.25) is 0 Å². The van der Waals surface area contributed by atoms with Gasteiger partial charge in [-0.1, -0.05) is 121 Å². The fourth-order valence-corrected chi connectivity index (χ4v) is 9.30. The van der Waals surface area contributed by atoms with Crippen molar-refractivity contribution in [3.8, 4) is 28.3 Å². The van der Waals surface area contributed by atoms with Crippen LogP contribution >= 0.6 is 22.7 Å². The van der Waals surface area contributed by atoms with Gasteiger partial charge in [0.1, 0.15) is 0 Å². The summed E-state index contributed by atoms with van der Waals surface area (Å²) in [7, 11) is 0. The van der Waals surface area contributed by atoms with Crippen LogP contribution in [0.25, 0.3) is 90.6 Å². The lowest BCUT2D eigenvalue weighted by Gasteiger charge is -2.12. The van der Waals surface area contributed by atoms with Gasteiger partial charge >= 0.3 is 0 Å². The van der Waals surface area contributed by atoms with Crippen molar-refractivity contribution in [2.75, 3.05) is 0 Å². The van der Waals surface area contributed by atoms with Gasteiger partial charge in [-0.25, -0.2) is 9.97 Å². The Labute approximate surface area is 271 Å². The molecule has 10 aromatic rings. The van der Waals surface area contributed by atoms with Crippen molar-refractivity contribution >= 4 is 85.0 Å². The number of hydrogen-bond acceptors (Lipinski definition) is 4. The highest BCUT2D eigenvalue weighted by molar-refractivity contribution is 7.45. The van der Waals surface area contributed by atoms with E-state index in [1.807, 2.05) is 54.6 Å². The van der Waals surface area contributed by atoms with Crippen molar-refractivity contribution in [3.63, 3.8) is 0 Å². The zero-order valence-corrected chi connectivity index (χ0v) is 25.3. The molecule has 0 amide bonds. The Balaban J connectivity index is 1.32. The molecule has 10 rings (SSSR count). The molecule has 5 heteroatoms. The second-order valence-electron chi connectivity index (χ2n) is 11.1. The second kappa shape index (κ2) is 9.57. The predicted octanol–water partition coefficient (Wildman–Crippen LogP) is 11.6. The van der Waals surface area contributed by atoms with Crippen LogP contribution < -0.4 is 0 Å². The summed E-state index contributed by atoms with van der Waals surface area (Å²) >= 11 is 3.58. The number of benzene rings is 6. The lowest BCUT2D eigenvalue weighted by molar-refractivity contribution is 1.02. The molecule has 0 fully saturated rings. The number of aromatic nitrogens is 3. The van der Waals surface area contributed by atoms with Crippen LogP contribution in [0.4, 0.5) is 0 Å². The molecule has 0 N–H and O–H groups in total. The van der Waals surface area contributed by atoms with Crippen molar-refractivity contribution in [2.45, 2.75) is 0 Å². The molecular weight excluding hydrogens is 587 g/mol. The molecule has 6 aromatic carbocycles. The monoisotopic (exact) mass is 613 g/mol. The van der Waals surface area contributed by atoms with Gasteiger partial charge in [-0.3, -0.25) is 4.57 Å². The van der Waals surface area contributed by atoms with Gasteiger partial charge < -0.3 is 0 Å². The standard InChI is InChI=1S/C40H23N3S2/c1-2-10-24(11-3-1)25-18-20-26(21-19-25)36-29-13-4-7-15-32(29)41-40(42-36)43-33-16-8-5-12-27(33)28-22-23-31-35-30-14-6-9-17-34(30)44-39(35)45-38(31)37(28)43/h1-23H/i4D,7D,13D,15D. The van der Waals surface area contributed by atoms with Gasteiger partial charge in [0.2, 0.25) is 5.95 Å². The highest BCUT2D eigenvalue weighted by Gasteiger charge is 2.22. The molecule has 45 heavy (non-hydrogen) atoms. The van der Waals surface area contributed by atoms with Crippen molar-refractivity contribution in [1.29, 1.82) is 0 Å². The van der Waals surface area contributed by atoms with Crippen LogP contribution in [-0.2, 0) is 0 Å². The van der Waals surface area contributed by atoms with Gasteiger partial charge in [0.15, 0.2) is 0 Å². The molecule has 0 spiro atoms. The van der Waals surface area contributed by atoms with Gasteiger partial charge in [-0.05, 0) is 29.3 Å². The van der Waals surface area contributed by atoms with E-state index in [9.17, 15) is 0 Å². The number of fused-ring (bicyclic) bond motifs is 10. The quantitative estimate of drug-likeness (QED) is 0.198. The maximum atomic E-state index is 8.95. The Hall–Kier alpha value is -5.36. The summed E-state index contributed by atoms with van der Waals surface area (Å²) in [5, 5.41) is 6.12. The normalized spacial score (nSPS) is 13.2. The summed E-state index contributed by atoms with van der Waals surface area (Å²) in [6, 6.07) is 38.3. The predicted molar refractivity (Wildman–Crippen MR) is 193 cm³/mol. The van der Waals surface area contributed by atoms with E-state index < -0.39 is 0 Å². The minimum atomic E-state index is -0.317. The Morgan fingerprint density at radius 2 is 1.27 bits per heavy atom. The minimum Gasteiger partial charge on any atom is -0.276 e. The number of para-hydroxylation sites is 2. The zero-order valence-electron chi connectivity index (χ0n) is 27.6. The lowest BCUT2D eigenvalue weighted by Crippen LogP contribution is -2.03. The third kappa shape index (κ3) is 3.69. The van der Waals surface area contributed by atoms with Crippen LogP contribution in [-0.4, -0.2) is 14.5 Å². The number of nitrogens with zero attached hydrogens (tertiary/aromatic N) is 3. The Kier molecular flexibility index (Phi) is 4.54. The average Bonchev–Trinajstić information content (AvgIpc) is 3.81. The van der Waals surface area contributed by atoms with E-state index in [1.165, 1.54) is 24.9 Å². The fraction of sp³-hybridized carbons (Fsp3) is 0.